The van der Waals surface area contributed by atoms with Crippen LogP contribution >= 0.6 is 15.9 Å². The zero-order valence-corrected chi connectivity index (χ0v) is 11.2. The van der Waals surface area contributed by atoms with Crippen LogP contribution in [0, 0.1) is 0 Å². The van der Waals surface area contributed by atoms with E-state index < -0.39 is 18.0 Å². The molecule has 8 heteroatoms. The second kappa shape index (κ2) is 5.44. The topological polar surface area (TPSA) is 29.1 Å². The lowest BCUT2D eigenvalue weighted by Crippen LogP contribution is -2.47. The first kappa shape index (κ1) is 15.9. The van der Waals surface area contributed by atoms with Crippen molar-refractivity contribution in [2.24, 2.45) is 0 Å². The number of alkyl halides is 5. The van der Waals surface area contributed by atoms with Crippen LogP contribution in [0.25, 0.3) is 0 Å². The summed E-state index contributed by atoms with van der Waals surface area (Å²) in [5, 5.41) is 1.61. The number of carbonyl (C=O) groups is 1. The van der Waals surface area contributed by atoms with Crippen LogP contribution in [-0.4, -0.2) is 18.0 Å². The van der Waals surface area contributed by atoms with Gasteiger partial charge >= 0.3 is 18.0 Å². The van der Waals surface area contributed by atoms with Crippen LogP contribution in [0.4, 0.5) is 27.6 Å². The summed E-state index contributed by atoms with van der Waals surface area (Å²) in [6.07, 6.45) is -5.55. The summed E-state index contributed by atoms with van der Waals surface area (Å²) in [6, 6.07) is 4.22. The Kier molecular flexibility index (Phi) is 4.54. The highest BCUT2D eigenvalue weighted by molar-refractivity contribution is 9.10. The monoisotopic (exact) mass is 345 g/mol. The number of aryl methyl sites for hydroxylation is 1. The van der Waals surface area contributed by atoms with Gasteiger partial charge in [0.05, 0.1) is 0 Å². The number of hydrogen-bond acceptors (Lipinski definition) is 1. The predicted octanol–water partition coefficient (Wildman–Crippen LogP) is 4.15. The van der Waals surface area contributed by atoms with Crippen molar-refractivity contribution in [3.05, 3.63) is 28.2 Å². The number of halogens is 6. The van der Waals surface area contributed by atoms with Crippen molar-refractivity contribution in [1.82, 2.24) is 0 Å². The van der Waals surface area contributed by atoms with E-state index >= 15 is 0 Å². The molecule has 0 atom stereocenters. The van der Waals surface area contributed by atoms with Crippen molar-refractivity contribution >= 4 is 27.5 Å². The predicted molar refractivity (Wildman–Crippen MR) is 63.2 cm³/mol. The number of nitrogens with one attached hydrogen (secondary N) is 1. The molecule has 2 nitrogen and oxygen atoms in total. The van der Waals surface area contributed by atoms with Crippen LogP contribution in [0.3, 0.4) is 0 Å². The van der Waals surface area contributed by atoms with Crippen LogP contribution in [0.2, 0.25) is 0 Å². The fraction of sp³-hybridized carbons (Fsp3) is 0.364. The summed E-state index contributed by atoms with van der Waals surface area (Å²) in [7, 11) is 0. The van der Waals surface area contributed by atoms with Crippen LogP contribution in [0.5, 0.6) is 0 Å². The average Bonchev–Trinajstić information content (AvgIpc) is 2.29. The minimum Gasteiger partial charge on any atom is -0.320 e. The molecule has 1 amide bonds. The van der Waals surface area contributed by atoms with Crippen molar-refractivity contribution in [2.45, 2.75) is 25.4 Å². The molecular formula is C11H9BrF5NO. The second-order valence-electron chi connectivity index (χ2n) is 3.68. The van der Waals surface area contributed by atoms with E-state index in [1.165, 1.54) is 18.2 Å². The molecule has 0 fully saturated rings. The third-order valence-corrected chi connectivity index (χ3v) is 2.83. The van der Waals surface area contributed by atoms with Crippen molar-refractivity contribution in [3.63, 3.8) is 0 Å². The molecule has 19 heavy (non-hydrogen) atoms. The zero-order chi connectivity index (χ0) is 14.8. The maximum atomic E-state index is 12.8. The van der Waals surface area contributed by atoms with Crippen molar-refractivity contribution in [2.75, 3.05) is 5.32 Å². The molecule has 0 aliphatic rings. The van der Waals surface area contributed by atoms with Gasteiger partial charge < -0.3 is 5.32 Å². The van der Waals surface area contributed by atoms with Gasteiger partial charge in [0.15, 0.2) is 0 Å². The van der Waals surface area contributed by atoms with E-state index in [1.807, 2.05) is 0 Å². The fourth-order valence-electron chi connectivity index (χ4n) is 1.31. The van der Waals surface area contributed by atoms with E-state index in [-0.39, 0.29) is 5.69 Å². The Morgan fingerprint density at radius 3 is 2.32 bits per heavy atom. The van der Waals surface area contributed by atoms with Gasteiger partial charge in [-0.05, 0) is 30.2 Å². The van der Waals surface area contributed by atoms with Gasteiger partial charge in [0, 0.05) is 10.2 Å². The van der Waals surface area contributed by atoms with Gasteiger partial charge in [-0.15, -0.1) is 0 Å². The summed E-state index contributed by atoms with van der Waals surface area (Å²) in [5.41, 5.74) is 0.375. The number of anilines is 1. The maximum Gasteiger partial charge on any atom is 0.463 e. The van der Waals surface area contributed by atoms with E-state index in [4.69, 9.17) is 0 Å². The quantitative estimate of drug-likeness (QED) is 0.819. The second-order valence-corrected chi connectivity index (χ2v) is 4.60. The van der Waals surface area contributed by atoms with Crippen LogP contribution in [0.1, 0.15) is 12.5 Å². The normalized spacial score (nSPS) is 12.4. The molecule has 0 aliphatic heterocycles. The first-order valence-corrected chi connectivity index (χ1v) is 5.93. The molecule has 1 aromatic rings. The number of carbonyl (C=O) groups excluding carboxylic acids is 1. The molecule has 0 heterocycles. The first-order valence-electron chi connectivity index (χ1n) is 5.14. The van der Waals surface area contributed by atoms with Gasteiger partial charge in [0.25, 0.3) is 0 Å². The molecule has 0 aliphatic carbocycles. The van der Waals surface area contributed by atoms with E-state index in [1.54, 1.807) is 12.2 Å². The van der Waals surface area contributed by atoms with E-state index in [0.29, 0.717) is 16.5 Å². The Balaban J connectivity index is 3.01. The first-order chi connectivity index (χ1) is 8.59. The van der Waals surface area contributed by atoms with Crippen molar-refractivity contribution < 1.29 is 26.7 Å². The smallest absolute Gasteiger partial charge is 0.320 e. The maximum absolute atomic E-state index is 12.8. The lowest BCUT2D eigenvalue weighted by atomic mass is 10.1. The molecule has 0 bridgehead atoms. The lowest BCUT2D eigenvalue weighted by molar-refractivity contribution is -0.267. The summed E-state index contributed by atoms with van der Waals surface area (Å²) in [6.45, 7) is 1.68. The summed E-state index contributed by atoms with van der Waals surface area (Å²) in [4.78, 5) is 11.0. The fourth-order valence-corrected chi connectivity index (χ4v) is 1.71. The largest absolute Gasteiger partial charge is 0.463 e. The number of benzene rings is 1. The molecule has 1 aromatic carbocycles. The third kappa shape index (κ3) is 3.43. The molecule has 106 valence electrons. The van der Waals surface area contributed by atoms with E-state index in [2.05, 4.69) is 15.9 Å². The highest BCUT2D eigenvalue weighted by Gasteiger charge is 2.63. The Hall–Kier alpha value is -1.18. The Morgan fingerprint density at radius 1 is 1.26 bits per heavy atom. The van der Waals surface area contributed by atoms with Gasteiger partial charge in [-0.1, -0.05) is 22.9 Å². The number of rotatable bonds is 3. The third-order valence-electron chi connectivity index (χ3n) is 2.34. The Labute approximate surface area is 114 Å². The van der Waals surface area contributed by atoms with Crippen LogP contribution < -0.4 is 5.32 Å². The molecule has 0 saturated carbocycles. The SMILES string of the molecule is CCc1cc(Br)ccc1NC(=O)C(F)(F)C(F)(F)F. The summed E-state index contributed by atoms with van der Waals surface area (Å²) >= 11 is 3.13. The van der Waals surface area contributed by atoms with Gasteiger partial charge in [-0.2, -0.15) is 22.0 Å². The summed E-state index contributed by atoms with van der Waals surface area (Å²) in [5.74, 6) is -7.82. The molecular weight excluding hydrogens is 337 g/mol. The highest BCUT2D eigenvalue weighted by Crippen LogP contribution is 2.36. The Bertz CT molecular complexity index is 486. The minimum absolute atomic E-state index is 0.0698. The molecule has 0 unspecified atom stereocenters. The molecule has 1 rings (SSSR count). The molecule has 0 spiro atoms. The highest BCUT2D eigenvalue weighted by atomic mass is 79.9. The van der Waals surface area contributed by atoms with E-state index in [0.717, 1.165) is 0 Å². The number of amides is 1. The number of hydrogen-bond donors (Lipinski definition) is 1. The molecule has 0 aromatic heterocycles. The van der Waals surface area contributed by atoms with Crippen molar-refractivity contribution in [1.29, 1.82) is 0 Å². The van der Waals surface area contributed by atoms with E-state index in [9.17, 15) is 26.7 Å². The summed E-state index contributed by atoms with van der Waals surface area (Å²) < 4.78 is 62.2. The van der Waals surface area contributed by atoms with Crippen molar-refractivity contribution in [3.8, 4) is 0 Å². The molecule has 0 radical (unpaired) electrons. The molecule has 1 N–H and O–H groups in total. The standard InChI is InChI=1S/C11H9BrF5NO/c1-2-6-5-7(12)3-4-8(6)18-9(19)10(13,14)11(15,16)17/h3-5H,2H2,1H3,(H,18,19). The zero-order valence-electron chi connectivity index (χ0n) is 9.62. The van der Waals surface area contributed by atoms with Gasteiger partial charge in [0.2, 0.25) is 0 Å². The van der Waals surface area contributed by atoms with Gasteiger partial charge in [0.1, 0.15) is 0 Å². The lowest BCUT2D eigenvalue weighted by Gasteiger charge is -2.19. The average molecular weight is 346 g/mol. The Morgan fingerprint density at radius 2 is 1.84 bits per heavy atom. The molecule has 0 saturated heterocycles. The minimum atomic E-state index is -5.92. The van der Waals surface area contributed by atoms with Crippen LogP contribution in [-0.2, 0) is 11.2 Å². The van der Waals surface area contributed by atoms with Gasteiger partial charge in [-0.25, -0.2) is 0 Å². The van der Waals surface area contributed by atoms with Crippen LogP contribution in [0.15, 0.2) is 22.7 Å². The van der Waals surface area contributed by atoms with Gasteiger partial charge in [-0.3, -0.25) is 4.79 Å².